The van der Waals surface area contributed by atoms with E-state index in [4.69, 9.17) is 15.6 Å². The van der Waals surface area contributed by atoms with Gasteiger partial charge in [0.05, 0.1) is 6.61 Å². The van der Waals surface area contributed by atoms with Crippen LogP contribution in [-0.4, -0.2) is 29.7 Å². The van der Waals surface area contributed by atoms with Crippen molar-refractivity contribution in [1.82, 2.24) is 0 Å². The maximum Gasteiger partial charge on any atom is 0.320 e. The Morgan fingerprint density at radius 1 is 1.25 bits per heavy atom. The van der Waals surface area contributed by atoms with Crippen LogP contribution in [0.1, 0.15) is 45.4 Å². The summed E-state index contributed by atoms with van der Waals surface area (Å²) in [4.78, 5) is 21.3. The van der Waals surface area contributed by atoms with Gasteiger partial charge in [-0.2, -0.15) is 0 Å². The summed E-state index contributed by atoms with van der Waals surface area (Å²) in [7, 11) is 0. The molecule has 0 spiro atoms. The van der Waals surface area contributed by atoms with Gasteiger partial charge in [-0.05, 0) is 19.8 Å². The predicted molar refractivity (Wildman–Crippen MR) is 59.9 cm³/mol. The highest BCUT2D eigenvalue weighted by atomic mass is 16.5. The van der Waals surface area contributed by atoms with E-state index >= 15 is 0 Å². The van der Waals surface area contributed by atoms with Crippen molar-refractivity contribution in [2.75, 3.05) is 6.61 Å². The van der Waals surface area contributed by atoms with E-state index in [1.807, 2.05) is 0 Å². The number of hydrogen-bond donors (Lipinski definition) is 2. The molecule has 0 saturated heterocycles. The van der Waals surface area contributed by atoms with Crippen LogP contribution in [0.3, 0.4) is 0 Å². The number of carboxylic acids is 1. The molecule has 0 aliphatic carbocycles. The molecule has 1 unspecified atom stereocenters. The van der Waals surface area contributed by atoms with Crippen molar-refractivity contribution in [3.05, 3.63) is 0 Å². The van der Waals surface area contributed by atoms with Crippen LogP contribution in [0.25, 0.3) is 0 Å². The molecule has 5 heteroatoms. The van der Waals surface area contributed by atoms with E-state index in [1.165, 1.54) is 0 Å². The fraction of sp³-hybridized carbons (Fsp3) is 0.818. The zero-order valence-electron chi connectivity index (χ0n) is 9.78. The molecule has 0 heterocycles. The molecule has 0 aromatic heterocycles. The standard InChI is InChI=1S/C11H21NO4/c1-2-16-10(13)8-6-4-3-5-7-9(12)11(14)15/h9H,2-8,12H2,1H3,(H,14,15). The van der Waals surface area contributed by atoms with E-state index in [-0.39, 0.29) is 5.97 Å². The van der Waals surface area contributed by atoms with Crippen LogP contribution < -0.4 is 5.73 Å². The first kappa shape index (κ1) is 14.9. The van der Waals surface area contributed by atoms with E-state index < -0.39 is 12.0 Å². The summed E-state index contributed by atoms with van der Waals surface area (Å²) in [5, 5.41) is 8.53. The van der Waals surface area contributed by atoms with Gasteiger partial charge in [-0.3, -0.25) is 9.59 Å². The minimum atomic E-state index is -0.952. The number of nitrogens with two attached hydrogens (primary N) is 1. The minimum absolute atomic E-state index is 0.162. The lowest BCUT2D eigenvalue weighted by Gasteiger charge is -2.05. The molecule has 0 aromatic carbocycles. The minimum Gasteiger partial charge on any atom is -0.480 e. The molecular weight excluding hydrogens is 210 g/mol. The van der Waals surface area contributed by atoms with Gasteiger partial charge in [0, 0.05) is 6.42 Å². The van der Waals surface area contributed by atoms with E-state index in [2.05, 4.69) is 0 Å². The highest BCUT2D eigenvalue weighted by Gasteiger charge is 2.09. The highest BCUT2D eigenvalue weighted by molar-refractivity contribution is 5.72. The Kier molecular flexibility index (Phi) is 8.52. The Morgan fingerprint density at radius 2 is 1.88 bits per heavy atom. The Morgan fingerprint density at radius 3 is 2.44 bits per heavy atom. The molecule has 0 fully saturated rings. The molecule has 0 saturated carbocycles. The molecule has 1 atom stereocenters. The SMILES string of the molecule is CCOC(=O)CCCCCCC(N)C(=O)O. The van der Waals surface area contributed by atoms with Crippen molar-refractivity contribution < 1.29 is 19.4 Å². The zero-order chi connectivity index (χ0) is 12.4. The normalized spacial score (nSPS) is 12.1. The van der Waals surface area contributed by atoms with Crippen LogP contribution in [0.2, 0.25) is 0 Å². The molecule has 0 rings (SSSR count). The summed E-state index contributed by atoms with van der Waals surface area (Å²) in [6.45, 7) is 2.21. The van der Waals surface area contributed by atoms with Crippen LogP contribution >= 0.6 is 0 Å². The molecular formula is C11H21NO4. The lowest BCUT2D eigenvalue weighted by Crippen LogP contribution is -2.29. The van der Waals surface area contributed by atoms with Crippen molar-refractivity contribution >= 4 is 11.9 Å². The van der Waals surface area contributed by atoms with Crippen LogP contribution in [0.15, 0.2) is 0 Å². The average molecular weight is 231 g/mol. The summed E-state index contributed by atoms with van der Waals surface area (Å²) >= 11 is 0. The van der Waals surface area contributed by atoms with Crippen LogP contribution in [-0.2, 0) is 14.3 Å². The monoisotopic (exact) mass is 231 g/mol. The lowest BCUT2D eigenvalue weighted by molar-refractivity contribution is -0.143. The van der Waals surface area contributed by atoms with Crippen molar-refractivity contribution in [1.29, 1.82) is 0 Å². The number of aliphatic carboxylic acids is 1. The highest BCUT2D eigenvalue weighted by Crippen LogP contribution is 2.07. The number of hydrogen-bond acceptors (Lipinski definition) is 4. The van der Waals surface area contributed by atoms with Gasteiger partial charge in [-0.1, -0.05) is 19.3 Å². The molecule has 3 N–H and O–H groups in total. The molecule has 0 aliphatic heterocycles. The van der Waals surface area contributed by atoms with E-state index in [0.29, 0.717) is 19.4 Å². The Bertz CT molecular complexity index is 218. The van der Waals surface area contributed by atoms with E-state index in [9.17, 15) is 9.59 Å². The van der Waals surface area contributed by atoms with Crippen molar-refractivity contribution in [2.24, 2.45) is 5.73 Å². The van der Waals surface area contributed by atoms with Gasteiger partial charge in [0.15, 0.2) is 0 Å². The number of rotatable bonds is 9. The number of carbonyl (C=O) groups is 2. The predicted octanol–water partition coefficient (Wildman–Crippen LogP) is 1.30. The first-order chi connectivity index (χ1) is 7.57. The second kappa shape index (κ2) is 9.15. The first-order valence-corrected chi connectivity index (χ1v) is 5.72. The summed E-state index contributed by atoms with van der Waals surface area (Å²) in [6.07, 6.45) is 4.33. The van der Waals surface area contributed by atoms with Gasteiger partial charge in [-0.15, -0.1) is 0 Å². The molecule has 0 amide bonds. The molecule has 0 bridgehead atoms. The van der Waals surface area contributed by atoms with Gasteiger partial charge in [0.2, 0.25) is 0 Å². The van der Waals surface area contributed by atoms with Crippen molar-refractivity contribution in [2.45, 2.75) is 51.5 Å². The third-order valence-electron chi connectivity index (χ3n) is 2.27. The molecule has 0 aromatic rings. The number of esters is 1. The maximum absolute atomic E-state index is 11.0. The van der Waals surface area contributed by atoms with Gasteiger partial charge in [-0.25, -0.2) is 0 Å². The smallest absolute Gasteiger partial charge is 0.320 e. The number of unbranched alkanes of at least 4 members (excludes halogenated alkanes) is 3. The van der Waals surface area contributed by atoms with E-state index in [1.54, 1.807) is 6.92 Å². The van der Waals surface area contributed by atoms with Crippen molar-refractivity contribution in [3.8, 4) is 0 Å². The summed E-state index contributed by atoms with van der Waals surface area (Å²) in [6, 6.07) is -0.759. The zero-order valence-corrected chi connectivity index (χ0v) is 9.78. The van der Waals surface area contributed by atoms with Crippen molar-refractivity contribution in [3.63, 3.8) is 0 Å². The Hall–Kier alpha value is -1.10. The summed E-state index contributed by atoms with van der Waals surface area (Å²) < 4.78 is 4.78. The fourth-order valence-corrected chi connectivity index (χ4v) is 1.34. The molecule has 0 radical (unpaired) electrons. The third-order valence-corrected chi connectivity index (χ3v) is 2.27. The lowest BCUT2D eigenvalue weighted by atomic mass is 10.1. The maximum atomic E-state index is 11.0. The Labute approximate surface area is 96.0 Å². The van der Waals surface area contributed by atoms with Crippen LogP contribution in [0.4, 0.5) is 0 Å². The van der Waals surface area contributed by atoms with Gasteiger partial charge in [0.25, 0.3) is 0 Å². The largest absolute Gasteiger partial charge is 0.480 e. The first-order valence-electron chi connectivity index (χ1n) is 5.72. The topological polar surface area (TPSA) is 89.6 Å². The molecule has 5 nitrogen and oxygen atoms in total. The van der Waals surface area contributed by atoms with Gasteiger partial charge < -0.3 is 15.6 Å². The number of carboxylic acid groups (broad SMARTS) is 1. The molecule has 0 aliphatic rings. The fourth-order valence-electron chi connectivity index (χ4n) is 1.34. The summed E-state index contributed by atoms with van der Waals surface area (Å²) in [5.41, 5.74) is 5.35. The number of carbonyl (C=O) groups excluding carboxylic acids is 1. The van der Waals surface area contributed by atoms with Gasteiger partial charge in [0.1, 0.15) is 6.04 Å². The molecule has 94 valence electrons. The summed E-state index contributed by atoms with van der Waals surface area (Å²) in [5.74, 6) is -1.11. The number of ether oxygens (including phenoxy) is 1. The van der Waals surface area contributed by atoms with Gasteiger partial charge >= 0.3 is 11.9 Å². The average Bonchev–Trinajstić information content (AvgIpc) is 2.23. The quantitative estimate of drug-likeness (QED) is 0.461. The second-order valence-corrected chi connectivity index (χ2v) is 3.70. The van der Waals surface area contributed by atoms with Crippen LogP contribution in [0, 0.1) is 0 Å². The second-order valence-electron chi connectivity index (χ2n) is 3.70. The molecule has 16 heavy (non-hydrogen) atoms. The van der Waals surface area contributed by atoms with Crippen LogP contribution in [0.5, 0.6) is 0 Å². The third kappa shape index (κ3) is 8.23. The van der Waals surface area contributed by atoms with E-state index in [0.717, 1.165) is 25.7 Å². The Balaban J connectivity index is 3.27.